The van der Waals surface area contributed by atoms with E-state index in [2.05, 4.69) is 11.1 Å². The molecule has 3 aromatic rings. The average molecular weight is 391 g/mol. The first-order chi connectivity index (χ1) is 14.0. The standard InChI is InChI=1S/C22H21N3O4/c1-22-19-15(14-6-4-5-7-16(14)23-19)10-11-24(22)21(27)25(20(22)26)17-9-8-13(28-2)12-18(17)29-3/h4-9,12,23H,10-11H2,1-3H3. The molecule has 1 atom stereocenters. The number of benzene rings is 2. The number of amides is 3. The van der Waals surface area contributed by atoms with Crippen LogP contribution in [0.5, 0.6) is 11.5 Å². The van der Waals surface area contributed by atoms with Gasteiger partial charge in [-0.3, -0.25) is 4.79 Å². The molecular formula is C22H21N3O4. The predicted molar refractivity (Wildman–Crippen MR) is 108 cm³/mol. The molecule has 2 aromatic carbocycles. The first-order valence-corrected chi connectivity index (χ1v) is 9.49. The van der Waals surface area contributed by atoms with E-state index in [0.29, 0.717) is 30.2 Å². The van der Waals surface area contributed by atoms with Crippen LogP contribution in [0.15, 0.2) is 42.5 Å². The van der Waals surface area contributed by atoms with Crippen molar-refractivity contribution in [2.45, 2.75) is 18.9 Å². The summed E-state index contributed by atoms with van der Waals surface area (Å²) in [5, 5.41) is 1.10. The number of urea groups is 1. The van der Waals surface area contributed by atoms with E-state index >= 15 is 0 Å². The molecule has 29 heavy (non-hydrogen) atoms. The van der Waals surface area contributed by atoms with E-state index < -0.39 is 5.54 Å². The summed E-state index contributed by atoms with van der Waals surface area (Å²) in [6.07, 6.45) is 0.696. The lowest BCUT2D eigenvalue weighted by atomic mass is 9.87. The van der Waals surface area contributed by atoms with Gasteiger partial charge in [-0.1, -0.05) is 18.2 Å². The Morgan fingerprint density at radius 1 is 1.07 bits per heavy atom. The topological polar surface area (TPSA) is 74.9 Å². The molecule has 5 rings (SSSR count). The zero-order valence-corrected chi connectivity index (χ0v) is 16.5. The fourth-order valence-corrected chi connectivity index (χ4v) is 4.57. The van der Waals surface area contributed by atoms with Crippen LogP contribution in [0.4, 0.5) is 10.5 Å². The number of carbonyl (C=O) groups excluding carboxylic acids is 2. The molecule has 148 valence electrons. The van der Waals surface area contributed by atoms with Crippen molar-refractivity contribution in [3.63, 3.8) is 0 Å². The maximum Gasteiger partial charge on any atom is 0.332 e. The van der Waals surface area contributed by atoms with Crippen molar-refractivity contribution in [1.82, 2.24) is 9.88 Å². The first kappa shape index (κ1) is 17.6. The Balaban J connectivity index is 1.67. The van der Waals surface area contributed by atoms with Gasteiger partial charge in [0.2, 0.25) is 0 Å². The van der Waals surface area contributed by atoms with Gasteiger partial charge in [0.1, 0.15) is 11.5 Å². The third-order valence-corrected chi connectivity index (χ3v) is 6.10. The molecule has 1 saturated heterocycles. The third kappa shape index (κ3) is 2.18. The average Bonchev–Trinajstić information content (AvgIpc) is 3.22. The summed E-state index contributed by atoms with van der Waals surface area (Å²) >= 11 is 0. The van der Waals surface area contributed by atoms with Crippen molar-refractivity contribution in [2.24, 2.45) is 0 Å². The van der Waals surface area contributed by atoms with Crippen LogP contribution in [0.1, 0.15) is 18.2 Å². The zero-order chi connectivity index (χ0) is 20.3. The molecule has 1 N–H and O–H groups in total. The fourth-order valence-electron chi connectivity index (χ4n) is 4.57. The van der Waals surface area contributed by atoms with E-state index in [1.807, 2.05) is 25.1 Å². The highest BCUT2D eigenvalue weighted by molar-refractivity contribution is 6.24. The monoisotopic (exact) mass is 391 g/mol. The number of rotatable bonds is 3. The number of hydrogen-bond acceptors (Lipinski definition) is 4. The van der Waals surface area contributed by atoms with Crippen molar-refractivity contribution >= 4 is 28.5 Å². The lowest BCUT2D eigenvalue weighted by molar-refractivity contribution is -0.125. The summed E-state index contributed by atoms with van der Waals surface area (Å²) in [5.74, 6) is 0.705. The van der Waals surface area contributed by atoms with E-state index in [9.17, 15) is 9.59 Å². The maximum absolute atomic E-state index is 13.7. The number of aromatic nitrogens is 1. The number of nitrogens with zero attached hydrogens (tertiary/aromatic N) is 2. The maximum atomic E-state index is 13.7. The second-order valence-corrected chi connectivity index (χ2v) is 7.46. The molecule has 1 fully saturated rings. The molecule has 1 unspecified atom stereocenters. The molecule has 1 aromatic heterocycles. The highest BCUT2D eigenvalue weighted by atomic mass is 16.5. The molecule has 3 amide bonds. The van der Waals surface area contributed by atoms with Gasteiger partial charge in [0.05, 0.1) is 25.6 Å². The van der Waals surface area contributed by atoms with Crippen molar-refractivity contribution in [3.05, 3.63) is 53.7 Å². The van der Waals surface area contributed by atoms with Gasteiger partial charge in [-0.15, -0.1) is 0 Å². The quantitative estimate of drug-likeness (QED) is 0.694. The van der Waals surface area contributed by atoms with E-state index in [0.717, 1.165) is 22.2 Å². The lowest BCUT2D eigenvalue weighted by Crippen LogP contribution is -2.49. The van der Waals surface area contributed by atoms with Crippen LogP contribution in [0.2, 0.25) is 0 Å². The largest absolute Gasteiger partial charge is 0.497 e. The molecule has 7 heteroatoms. The number of methoxy groups -OCH3 is 2. The number of imide groups is 1. The molecule has 0 aliphatic carbocycles. The number of ether oxygens (including phenoxy) is 2. The Bertz CT molecular complexity index is 1170. The minimum absolute atomic E-state index is 0.293. The van der Waals surface area contributed by atoms with Crippen LogP contribution < -0.4 is 14.4 Å². The lowest BCUT2D eigenvalue weighted by Gasteiger charge is -2.35. The van der Waals surface area contributed by atoms with Crippen molar-refractivity contribution in [1.29, 1.82) is 0 Å². The molecule has 0 saturated carbocycles. The summed E-state index contributed by atoms with van der Waals surface area (Å²) in [5.41, 5.74) is 2.19. The Kier molecular flexibility index (Phi) is 3.65. The molecule has 7 nitrogen and oxygen atoms in total. The molecule has 2 aliphatic rings. The predicted octanol–water partition coefficient (Wildman–Crippen LogP) is 3.43. The number of H-pyrrole nitrogens is 1. The fraction of sp³-hybridized carbons (Fsp3) is 0.273. The van der Waals surface area contributed by atoms with Gasteiger partial charge >= 0.3 is 6.03 Å². The zero-order valence-electron chi connectivity index (χ0n) is 16.5. The second kappa shape index (κ2) is 6.01. The van der Waals surface area contributed by atoms with Crippen molar-refractivity contribution < 1.29 is 19.1 Å². The molecule has 0 bridgehead atoms. The first-order valence-electron chi connectivity index (χ1n) is 9.49. The number of fused-ring (bicyclic) bond motifs is 5. The number of carbonyl (C=O) groups is 2. The van der Waals surface area contributed by atoms with Crippen molar-refractivity contribution in [2.75, 3.05) is 25.7 Å². The van der Waals surface area contributed by atoms with Gasteiger partial charge in [0.15, 0.2) is 5.54 Å². The Hall–Kier alpha value is -3.48. The molecular weight excluding hydrogens is 370 g/mol. The number of anilines is 1. The minimum Gasteiger partial charge on any atom is -0.497 e. The highest BCUT2D eigenvalue weighted by Gasteiger charge is 2.59. The van der Waals surface area contributed by atoms with Crippen molar-refractivity contribution in [3.8, 4) is 11.5 Å². The summed E-state index contributed by atoms with van der Waals surface area (Å²) < 4.78 is 10.7. The van der Waals surface area contributed by atoms with Crippen LogP contribution in [-0.4, -0.2) is 42.6 Å². The Morgan fingerprint density at radius 2 is 1.86 bits per heavy atom. The SMILES string of the molecule is COc1ccc(N2C(=O)N3CCc4c([nH]c5ccccc45)C3(C)C2=O)c(OC)c1. The normalized spacial score (nSPS) is 20.8. The van der Waals surface area contributed by atoms with Gasteiger partial charge in [-0.2, -0.15) is 0 Å². The van der Waals surface area contributed by atoms with Gasteiger partial charge in [0.25, 0.3) is 5.91 Å². The second-order valence-electron chi connectivity index (χ2n) is 7.46. The van der Waals surface area contributed by atoms with E-state index in [1.54, 1.807) is 30.2 Å². The van der Waals surface area contributed by atoms with Gasteiger partial charge in [-0.25, -0.2) is 9.69 Å². The summed E-state index contributed by atoms with van der Waals surface area (Å²) in [7, 11) is 3.06. The van der Waals surface area contributed by atoms with E-state index in [-0.39, 0.29) is 11.9 Å². The molecule has 0 spiro atoms. The van der Waals surface area contributed by atoms with Crippen LogP contribution in [0.25, 0.3) is 10.9 Å². The van der Waals surface area contributed by atoms with Crippen LogP contribution in [-0.2, 0) is 16.8 Å². The summed E-state index contributed by atoms with van der Waals surface area (Å²) in [6.45, 7) is 2.29. The smallest absolute Gasteiger partial charge is 0.332 e. The summed E-state index contributed by atoms with van der Waals surface area (Å²) in [4.78, 5) is 33.3. The molecule has 3 heterocycles. The number of para-hydroxylation sites is 1. The number of hydrogen-bond donors (Lipinski definition) is 1. The molecule has 0 radical (unpaired) electrons. The third-order valence-electron chi connectivity index (χ3n) is 6.10. The Labute approximate surface area is 167 Å². The minimum atomic E-state index is -1.09. The van der Waals surface area contributed by atoms with Gasteiger partial charge < -0.3 is 19.4 Å². The van der Waals surface area contributed by atoms with Gasteiger partial charge in [-0.05, 0) is 37.1 Å². The number of nitrogens with one attached hydrogen (secondary N) is 1. The summed E-state index contributed by atoms with van der Waals surface area (Å²) in [6, 6.07) is 12.7. The van der Waals surface area contributed by atoms with Gasteiger partial charge in [0, 0.05) is 23.5 Å². The Morgan fingerprint density at radius 3 is 2.62 bits per heavy atom. The number of aromatic amines is 1. The van der Waals surface area contributed by atoms with Crippen LogP contribution >= 0.6 is 0 Å². The van der Waals surface area contributed by atoms with Crippen LogP contribution in [0, 0.1) is 0 Å². The van der Waals surface area contributed by atoms with Crippen LogP contribution in [0.3, 0.4) is 0 Å². The van der Waals surface area contributed by atoms with E-state index in [4.69, 9.17) is 9.47 Å². The van der Waals surface area contributed by atoms with E-state index in [1.165, 1.54) is 12.0 Å². The molecule has 2 aliphatic heterocycles. The highest BCUT2D eigenvalue weighted by Crippen LogP contribution is 2.47.